The molecular formula is C13H8ClN5O2. The second-order valence-electron chi connectivity index (χ2n) is 4.09. The molecule has 0 aliphatic carbocycles. The summed E-state index contributed by atoms with van der Waals surface area (Å²) in [6.07, 6.45) is 2.83. The molecule has 0 aliphatic rings. The zero-order valence-electron chi connectivity index (χ0n) is 10.5. The Morgan fingerprint density at radius 3 is 2.57 bits per heavy atom. The van der Waals surface area contributed by atoms with Crippen molar-refractivity contribution in [2.75, 3.05) is 0 Å². The summed E-state index contributed by atoms with van der Waals surface area (Å²) in [4.78, 5) is 18.5. The molecule has 21 heavy (non-hydrogen) atoms. The van der Waals surface area contributed by atoms with Crippen LogP contribution in [0.15, 0.2) is 48.9 Å². The number of halogens is 1. The van der Waals surface area contributed by atoms with Gasteiger partial charge in [0, 0.05) is 17.8 Å². The fourth-order valence-electron chi connectivity index (χ4n) is 1.90. The Morgan fingerprint density at radius 1 is 1.19 bits per heavy atom. The second-order valence-corrected chi connectivity index (χ2v) is 4.45. The summed E-state index contributed by atoms with van der Waals surface area (Å²) in [5, 5.41) is 15.4. The van der Waals surface area contributed by atoms with Crippen LogP contribution in [-0.4, -0.2) is 24.7 Å². The van der Waals surface area contributed by atoms with E-state index in [2.05, 4.69) is 15.1 Å². The molecular weight excluding hydrogens is 294 g/mol. The van der Waals surface area contributed by atoms with Gasteiger partial charge in [-0.1, -0.05) is 41.9 Å². The average Bonchev–Trinajstić information content (AvgIpc) is 2.87. The van der Waals surface area contributed by atoms with E-state index in [4.69, 9.17) is 11.6 Å². The summed E-state index contributed by atoms with van der Waals surface area (Å²) in [6.45, 7) is 0. The molecule has 0 saturated carbocycles. The van der Waals surface area contributed by atoms with Crippen LogP contribution in [0.25, 0.3) is 17.1 Å². The molecule has 1 aromatic carbocycles. The summed E-state index contributed by atoms with van der Waals surface area (Å²) in [5.74, 6) is 0.361. The Bertz CT molecular complexity index is 789. The van der Waals surface area contributed by atoms with Gasteiger partial charge in [-0.05, 0) is 0 Å². The quantitative estimate of drug-likeness (QED) is 0.548. The zero-order valence-corrected chi connectivity index (χ0v) is 11.3. The van der Waals surface area contributed by atoms with E-state index < -0.39 is 4.92 Å². The van der Waals surface area contributed by atoms with Gasteiger partial charge in [0.2, 0.25) is 5.15 Å². The molecule has 8 heteroatoms. The van der Waals surface area contributed by atoms with Gasteiger partial charge in [-0.2, -0.15) is 9.78 Å². The van der Waals surface area contributed by atoms with E-state index in [1.54, 1.807) is 30.3 Å². The van der Waals surface area contributed by atoms with Crippen LogP contribution in [0.5, 0.6) is 0 Å². The third kappa shape index (κ3) is 2.34. The molecule has 0 radical (unpaired) electrons. The van der Waals surface area contributed by atoms with Gasteiger partial charge in [0.1, 0.15) is 6.33 Å². The van der Waals surface area contributed by atoms with E-state index >= 15 is 0 Å². The van der Waals surface area contributed by atoms with Crippen LogP contribution in [0.1, 0.15) is 0 Å². The maximum Gasteiger partial charge on any atom is 0.334 e. The highest BCUT2D eigenvalue weighted by Crippen LogP contribution is 2.36. The minimum atomic E-state index is -0.546. The lowest BCUT2D eigenvalue weighted by Crippen LogP contribution is -1.99. The molecule has 0 atom stereocenters. The van der Waals surface area contributed by atoms with Gasteiger partial charge >= 0.3 is 5.69 Å². The van der Waals surface area contributed by atoms with Crippen molar-refractivity contribution in [3.05, 3.63) is 64.2 Å². The van der Waals surface area contributed by atoms with Gasteiger partial charge in [-0.15, -0.1) is 0 Å². The predicted octanol–water partition coefficient (Wildman–Crippen LogP) is 2.89. The summed E-state index contributed by atoms with van der Waals surface area (Å²) in [7, 11) is 0. The van der Waals surface area contributed by atoms with Crippen LogP contribution >= 0.6 is 11.6 Å². The maximum atomic E-state index is 11.3. The van der Waals surface area contributed by atoms with Crippen molar-refractivity contribution < 1.29 is 4.92 Å². The fraction of sp³-hybridized carbons (Fsp3) is 0. The molecule has 2 aromatic heterocycles. The largest absolute Gasteiger partial charge is 0.334 e. The standard InChI is InChI=1S/C13H8ClN5O2/c14-13-12(19(20)21)11(9-4-2-1-3-5-9)17-18(13)10-6-7-15-8-16-10/h1-8H. The van der Waals surface area contributed by atoms with Crippen molar-refractivity contribution in [3.8, 4) is 17.1 Å². The molecule has 0 N–H and O–H groups in total. The summed E-state index contributed by atoms with van der Waals surface area (Å²) >= 11 is 6.11. The Labute approximate surface area is 124 Å². The number of rotatable bonds is 3. The Morgan fingerprint density at radius 2 is 1.95 bits per heavy atom. The molecule has 0 fully saturated rings. The lowest BCUT2D eigenvalue weighted by Gasteiger charge is -1.98. The lowest BCUT2D eigenvalue weighted by atomic mass is 10.1. The van der Waals surface area contributed by atoms with Crippen molar-refractivity contribution >= 4 is 17.3 Å². The van der Waals surface area contributed by atoms with Gasteiger partial charge in [-0.3, -0.25) is 10.1 Å². The molecule has 0 aliphatic heterocycles. The van der Waals surface area contributed by atoms with E-state index in [-0.39, 0.29) is 16.5 Å². The van der Waals surface area contributed by atoms with Gasteiger partial charge in [0.25, 0.3) is 0 Å². The van der Waals surface area contributed by atoms with E-state index in [0.29, 0.717) is 11.4 Å². The summed E-state index contributed by atoms with van der Waals surface area (Å²) < 4.78 is 1.23. The van der Waals surface area contributed by atoms with Gasteiger partial charge in [0.15, 0.2) is 11.5 Å². The van der Waals surface area contributed by atoms with Gasteiger partial charge < -0.3 is 0 Å². The second kappa shape index (κ2) is 5.29. The van der Waals surface area contributed by atoms with Gasteiger partial charge in [0.05, 0.1) is 4.92 Å². The van der Waals surface area contributed by atoms with Crippen molar-refractivity contribution in [1.29, 1.82) is 0 Å². The number of hydrogen-bond acceptors (Lipinski definition) is 5. The van der Waals surface area contributed by atoms with Crippen LogP contribution in [0, 0.1) is 10.1 Å². The van der Waals surface area contributed by atoms with Crippen LogP contribution in [-0.2, 0) is 0 Å². The third-order valence-electron chi connectivity index (χ3n) is 2.82. The highest BCUT2D eigenvalue weighted by molar-refractivity contribution is 6.32. The highest BCUT2D eigenvalue weighted by Gasteiger charge is 2.28. The van der Waals surface area contributed by atoms with Crippen molar-refractivity contribution in [2.45, 2.75) is 0 Å². The topological polar surface area (TPSA) is 86.7 Å². The summed E-state index contributed by atoms with van der Waals surface area (Å²) in [6, 6.07) is 10.4. The average molecular weight is 302 g/mol. The van der Waals surface area contributed by atoms with Crippen LogP contribution < -0.4 is 0 Å². The van der Waals surface area contributed by atoms with Crippen molar-refractivity contribution in [1.82, 2.24) is 19.7 Å². The number of aromatic nitrogens is 4. The fourth-order valence-corrected chi connectivity index (χ4v) is 2.19. The normalized spacial score (nSPS) is 10.5. The number of nitro groups is 1. The lowest BCUT2D eigenvalue weighted by molar-refractivity contribution is -0.384. The number of benzene rings is 1. The van der Waals surface area contributed by atoms with Gasteiger partial charge in [-0.25, -0.2) is 9.97 Å². The predicted molar refractivity (Wildman–Crippen MR) is 76.3 cm³/mol. The van der Waals surface area contributed by atoms with E-state index in [9.17, 15) is 10.1 Å². The number of nitrogens with zero attached hydrogens (tertiary/aromatic N) is 5. The minimum absolute atomic E-state index is 0.0995. The SMILES string of the molecule is O=[N+]([O-])c1c(-c2ccccc2)nn(-c2ccncn2)c1Cl. The summed E-state index contributed by atoms with van der Waals surface area (Å²) in [5.41, 5.74) is 0.560. The first-order chi connectivity index (χ1) is 10.2. The Hall–Kier alpha value is -2.80. The monoisotopic (exact) mass is 301 g/mol. The van der Waals surface area contributed by atoms with Crippen LogP contribution in [0.2, 0.25) is 5.15 Å². The molecule has 0 bridgehead atoms. The molecule has 3 rings (SSSR count). The molecule has 104 valence electrons. The first kappa shape index (κ1) is 13.2. The number of hydrogen-bond donors (Lipinski definition) is 0. The Balaban J connectivity index is 2.24. The zero-order chi connectivity index (χ0) is 14.8. The maximum absolute atomic E-state index is 11.3. The smallest absolute Gasteiger partial charge is 0.258 e. The first-order valence-corrected chi connectivity index (χ1v) is 6.31. The molecule has 0 unspecified atom stereocenters. The van der Waals surface area contributed by atoms with Crippen molar-refractivity contribution in [2.24, 2.45) is 0 Å². The minimum Gasteiger partial charge on any atom is -0.258 e. The van der Waals surface area contributed by atoms with E-state index in [1.165, 1.54) is 17.2 Å². The molecule has 2 heterocycles. The Kier molecular flexibility index (Phi) is 3.33. The van der Waals surface area contributed by atoms with Crippen LogP contribution in [0.3, 0.4) is 0 Å². The molecule has 0 spiro atoms. The third-order valence-corrected chi connectivity index (χ3v) is 3.16. The molecule has 0 saturated heterocycles. The highest BCUT2D eigenvalue weighted by atomic mass is 35.5. The van der Waals surface area contributed by atoms with E-state index in [0.717, 1.165) is 0 Å². The molecule has 7 nitrogen and oxygen atoms in total. The first-order valence-electron chi connectivity index (χ1n) is 5.93. The molecule has 0 amide bonds. The van der Waals surface area contributed by atoms with Crippen LogP contribution in [0.4, 0.5) is 5.69 Å². The van der Waals surface area contributed by atoms with Crippen molar-refractivity contribution in [3.63, 3.8) is 0 Å². The van der Waals surface area contributed by atoms with E-state index in [1.807, 2.05) is 6.07 Å². The molecule has 3 aromatic rings.